The van der Waals surface area contributed by atoms with Crippen LogP contribution in [0.5, 0.6) is 0 Å². The number of unbranched alkanes of at least 4 members (excludes halogenated alkanes) is 51. The molecular weight excluding hydrogens is 983 g/mol. The summed E-state index contributed by atoms with van der Waals surface area (Å²) in [5.41, 5.74) is 0. The highest BCUT2D eigenvalue weighted by atomic mass is 16.5. The van der Waals surface area contributed by atoms with E-state index in [1.807, 2.05) is 0 Å². The Kier molecular flexibility index (Phi) is 67.9. The van der Waals surface area contributed by atoms with E-state index >= 15 is 0 Å². The van der Waals surface area contributed by atoms with E-state index in [-0.39, 0.29) is 18.5 Å². The van der Waals surface area contributed by atoms with Crippen molar-refractivity contribution >= 4 is 11.9 Å². The highest BCUT2D eigenvalue weighted by Gasteiger charge is 2.20. The number of ether oxygens (including phenoxy) is 1. The number of amides is 1. The molecule has 6 heteroatoms. The van der Waals surface area contributed by atoms with Gasteiger partial charge >= 0.3 is 5.97 Å². The van der Waals surface area contributed by atoms with Crippen LogP contribution in [0.3, 0.4) is 0 Å². The van der Waals surface area contributed by atoms with E-state index in [1.54, 1.807) is 0 Å². The van der Waals surface area contributed by atoms with E-state index < -0.39 is 12.1 Å². The van der Waals surface area contributed by atoms with Crippen LogP contribution in [0.1, 0.15) is 399 Å². The van der Waals surface area contributed by atoms with Crippen molar-refractivity contribution in [2.45, 2.75) is 411 Å². The summed E-state index contributed by atoms with van der Waals surface area (Å²) in [6.07, 6.45) is 89.1. The molecule has 0 rings (SSSR count). The Labute approximate surface area is 500 Å². The Bertz CT molecular complexity index is 1300. The minimum atomic E-state index is -0.670. The summed E-state index contributed by atoms with van der Waals surface area (Å²) in [4.78, 5) is 24.6. The minimum absolute atomic E-state index is 0.00122. The maximum Gasteiger partial charge on any atom is 0.305 e. The second kappa shape index (κ2) is 69.6. The van der Waals surface area contributed by atoms with Crippen LogP contribution in [0.15, 0.2) is 36.5 Å². The zero-order valence-electron chi connectivity index (χ0n) is 54.1. The molecule has 2 unspecified atom stereocenters. The zero-order valence-corrected chi connectivity index (χ0v) is 54.1. The van der Waals surface area contributed by atoms with Gasteiger partial charge in [0.05, 0.1) is 25.4 Å². The molecule has 0 aromatic heterocycles. The molecule has 0 aliphatic rings. The number of hydrogen-bond donors (Lipinski definition) is 3. The van der Waals surface area contributed by atoms with Gasteiger partial charge < -0.3 is 20.3 Å². The third kappa shape index (κ3) is 65.2. The Hall–Kier alpha value is -1.92. The lowest BCUT2D eigenvalue weighted by molar-refractivity contribution is -0.143. The van der Waals surface area contributed by atoms with Gasteiger partial charge in [-0.3, -0.25) is 9.59 Å². The second-order valence-electron chi connectivity index (χ2n) is 24.9. The molecule has 80 heavy (non-hydrogen) atoms. The maximum atomic E-state index is 12.6. The number of carbonyl (C=O) groups excluding carboxylic acids is 2. The van der Waals surface area contributed by atoms with Crippen molar-refractivity contribution in [1.29, 1.82) is 0 Å². The fourth-order valence-corrected chi connectivity index (χ4v) is 11.4. The zero-order chi connectivity index (χ0) is 57.8. The van der Waals surface area contributed by atoms with E-state index in [4.69, 9.17) is 4.74 Å². The van der Waals surface area contributed by atoms with Crippen LogP contribution in [0.4, 0.5) is 0 Å². The number of carbonyl (C=O) groups is 2. The molecule has 0 aliphatic heterocycles. The number of allylic oxidation sites excluding steroid dienone is 6. The Morgan fingerprint density at radius 2 is 0.625 bits per heavy atom. The Morgan fingerprint density at radius 3 is 0.975 bits per heavy atom. The van der Waals surface area contributed by atoms with E-state index in [2.05, 4.69) is 55.6 Å². The smallest absolute Gasteiger partial charge is 0.305 e. The normalized spacial score (nSPS) is 12.7. The van der Waals surface area contributed by atoms with Gasteiger partial charge in [-0.15, -0.1) is 0 Å². The van der Waals surface area contributed by atoms with Crippen LogP contribution in [0, 0.1) is 0 Å². The lowest BCUT2D eigenvalue weighted by atomic mass is 10.0. The molecule has 0 saturated carbocycles. The molecule has 0 aromatic rings. The number of nitrogens with one attached hydrogen (secondary N) is 1. The molecule has 0 radical (unpaired) electrons. The fourth-order valence-electron chi connectivity index (χ4n) is 11.4. The summed E-state index contributed by atoms with van der Waals surface area (Å²) in [7, 11) is 0. The van der Waals surface area contributed by atoms with Crippen LogP contribution >= 0.6 is 0 Å². The van der Waals surface area contributed by atoms with Crippen molar-refractivity contribution in [3.63, 3.8) is 0 Å². The summed E-state index contributed by atoms with van der Waals surface area (Å²) in [5, 5.41) is 23.4. The first kappa shape index (κ1) is 78.1. The molecule has 0 spiro atoms. The number of hydrogen-bond acceptors (Lipinski definition) is 5. The van der Waals surface area contributed by atoms with Crippen LogP contribution < -0.4 is 5.32 Å². The van der Waals surface area contributed by atoms with Crippen molar-refractivity contribution in [2.24, 2.45) is 0 Å². The van der Waals surface area contributed by atoms with Gasteiger partial charge in [0, 0.05) is 12.8 Å². The molecule has 0 saturated heterocycles. The molecule has 6 nitrogen and oxygen atoms in total. The van der Waals surface area contributed by atoms with E-state index in [0.29, 0.717) is 25.9 Å². The topological polar surface area (TPSA) is 95.9 Å². The van der Waals surface area contributed by atoms with Gasteiger partial charge in [0.2, 0.25) is 5.91 Å². The molecule has 0 aromatic carbocycles. The first-order valence-corrected chi connectivity index (χ1v) is 36.2. The lowest BCUT2D eigenvalue weighted by Gasteiger charge is -2.22. The highest BCUT2D eigenvalue weighted by molar-refractivity contribution is 5.76. The van der Waals surface area contributed by atoms with Crippen molar-refractivity contribution in [2.75, 3.05) is 13.2 Å². The van der Waals surface area contributed by atoms with Crippen LogP contribution in [0.25, 0.3) is 0 Å². The third-order valence-corrected chi connectivity index (χ3v) is 16.9. The van der Waals surface area contributed by atoms with Gasteiger partial charge in [-0.25, -0.2) is 0 Å². The van der Waals surface area contributed by atoms with Crippen LogP contribution in [-0.4, -0.2) is 47.4 Å². The SMILES string of the molecule is CCCCCC/C=C\C/C=C\CCCCCCCC(=O)OCCCCCCCCCCCCCC/C=C\CCCCCCCCCC(=O)NC(CO)C(O)CCCCCCCCCCCCCCCCCCCCCCCCCC. The molecule has 0 heterocycles. The first-order valence-electron chi connectivity index (χ1n) is 36.2. The standard InChI is InChI=1S/C74H141NO5/c1-3-5-7-9-11-13-15-17-19-21-22-23-24-26-29-32-35-38-42-46-50-54-58-62-66-72(77)71(70-76)75-73(78)67-63-59-55-51-47-43-39-36-33-30-27-25-28-31-34-37-41-45-49-53-57-61-65-69-80-74(79)68-64-60-56-52-48-44-40-20-18-16-14-12-10-8-6-4-2/h14,16,20,30,33,40,71-72,76-77H,3-13,15,17-19,21-29,31-32,34-39,41-70H2,1-2H3,(H,75,78)/b16-14-,33-30-,40-20-. The highest BCUT2D eigenvalue weighted by Crippen LogP contribution is 2.19. The predicted molar refractivity (Wildman–Crippen MR) is 352 cm³/mol. The fraction of sp³-hybridized carbons (Fsp3) is 0.892. The average molecular weight is 1120 g/mol. The molecule has 3 N–H and O–H groups in total. The third-order valence-electron chi connectivity index (χ3n) is 16.9. The van der Waals surface area contributed by atoms with Crippen molar-refractivity contribution in [3.8, 4) is 0 Å². The van der Waals surface area contributed by atoms with E-state index in [1.165, 1.54) is 315 Å². The minimum Gasteiger partial charge on any atom is -0.466 e. The summed E-state index contributed by atoms with van der Waals surface area (Å²) < 4.78 is 5.49. The maximum absolute atomic E-state index is 12.6. The number of esters is 1. The molecular formula is C74H141NO5. The van der Waals surface area contributed by atoms with Gasteiger partial charge in [-0.05, 0) is 83.5 Å². The van der Waals surface area contributed by atoms with Crippen LogP contribution in [-0.2, 0) is 14.3 Å². The number of rotatable bonds is 68. The number of aliphatic hydroxyl groups is 2. The first-order chi connectivity index (χ1) is 39.5. The quantitative estimate of drug-likeness (QED) is 0.0320. The second-order valence-corrected chi connectivity index (χ2v) is 24.9. The summed E-state index contributed by atoms with van der Waals surface area (Å²) in [5.74, 6) is -0.0384. The largest absolute Gasteiger partial charge is 0.466 e. The van der Waals surface area contributed by atoms with Crippen molar-refractivity contribution in [3.05, 3.63) is 36.5 Å². The molecule has 0 bridgehead atoms. The molecule has 1 amide bonds. The van der Waals surface area contributed by atoms with Crippen molar-refractivity contribution in [1.82, 2.24) is 5.32 Å². The molecule has 472 valence electrons. The number of aliphatic hydroxyl groups excluding tert-OH is 2. The van der Waals surface area contributed by atoms with E-state index in [9.17, 15) is 19.8 Å². The van der Waals surface area contributed by atoms with Crippen LogP contribution in [0.2, 0.25) is 0 Å². The average Bonchev–Trinajstić information content (AvgIpc) is 3.46. The summed E-state index contributed by atoms with van der Waals surface area (Å²) in [6.45, 7) is 4.96. The Morgan fingerprint density at radius 1 is 0.350 bits per heavy atom. The monoisotopic (exact) mass is 1120 g/mol. The Balaban J connectivity index is 3.41. The van der Waals surface area contributed by atoms with E-state index in [0.717, 1.165) is 51.4 Å². The van der Waals surface area contributed by atoms with Gasteiger partial charge in [0.25, 0.3) is 0 Å². The van der Waals surface area contributed by atoms with Gasteiger partial charge in [-0.2, -0.15) is 0 Å². The summed E-state index contributed by atoms with van der Waals surface area (Å²) in [6, 6.07) is -0.548. The van der Waals surface area contributed by atoms with Crippen molar-refractivity contribution < 1.29 is 24.5 Å². The van der Waals surface area contributed by atoms with Gasteiger partial charge in [0.1, 0.15) is 0 Å². The molecule has 2 atom stereocenters. The molecule has 0 aliphatic carbocycles. The van der Waals surface area contributed by atoms with Gasteiger partial charge in [0.15, 0.2) is 0 Å². The predicted octanol–water partition coefficient (Wildman–Crippen LogP) is 23.5. The van der Waals surface area contributed by atoms with Gasteiger partial charge in [-0.1, -0.05) is 339 Å². The molecule has 0 fully saturated rings. The lowest BCUT2D eigenvalue weighted by Crippen LogP contribution is -2.45. The summed E-state index contributed by atoms with van der Waals surface area (Å²) >= 11 is 0.